The van der Waals surface area contributed by atoms with Gasteiger partial charge >= 0.3 is 17.9 Å². The van der Waals surface area contributed by atoms with Crippen molar-refractivity contribution in [2.45, 2.75) is 36.4 Å². The Morgan fingerprint density at radius 1 is 1.17 bits per heavy atom. The molecule has 8 heteroatoms. The molecule has 0 radical (unpaired) electrons. The zero-order valence-electron chi connectivity index (χ0n) is 13.4. The first-order chi connectivity index (χ1) is 10.9. The standard InChI is InChI=1S/C15H20O6S2/c1-9(16)21-11-8-15(22-5-4-6-23-15)13(14(18)20-3)10(11)7-12(17)19-2/h11H,4-8H2,1-3H3/t11-/m0/s1. The van der Waals surface area contributed by atoms with Gasteiger partial charge in [-0.15, -0.1) is 23.5 Å². The number of carbonyl (C=O) groups is 3. The van der Waals surface area contributed by atoms with Crippen LogP contribution in [0, 0.1) is 0 Å². The van der Waals surface area contributed by atoms with Crippen LogP contribution in [0.5, 0.6) is 0 Å². The van der Waals surface area contributed by atoms with Crippen molar-refractivity contribution in [2.24, 2.45) is 0 Å². The number of carbonyl (C=O) groups excluding carboxylic acids is 3. The van der Waals surface area contributed by atoms with Crippen molar-refractivity contribution in [3.63, 3.8) is 0 Å². The smallest absolute Gasteiger partial charge is 0.336 e. The van der Waals surface area contributed by atoms with Gasteiger partial charge in [0.05, 0.1) is 30.3 Å². The molecule has 1 fully saturated rings. The van der Waals surface area contributed by atoms with Crippen molar-refractivity contribution in [3.8, 4) is 0 Å². The summed E-state index contributed by atoms with van der Waals surface area (Å²) in [4.78, 5) is 35.6. The molecule has 1 atom stereocenters. The molecular formula is C15H20O6S2. The summed E-state index contributed by atoms with van der Waals surface area (Å²) in [6.45, 7) is 1.32. The summed E-state index contributed by atoms with van der Waals surface area (Å²) in [5, 5.41) is 0. The van der Waals surface area contributed by atoms with Gasteiger partial charge in [-0.1, -0.05) is 0 Å². The lowest BCUT2D eigenvalue weighted by Gasteiger charge is -2.34. The van der Waals surface area contributed by atoms with E-state index in [1.165, 1.54) is 21.1 Å². The molecule has 6 nitrogen and oxygen atoms in total. The van der Waals surface area contributed by atoms with Gasteiger partial charge in [0.2, 0.25) is 0 Å². The van der Waals surface area contributed by atoms with Gasteiger partial charge in [0, 0.05) is 13.3 Å². The molecule has 0 amide bonds. The van der Waals surface area contributed by atoms with E-state index in [9.17, 15) is 14.4 Å². The van der Waals surface area contributed by atoms with E-state index in [0.29, 0.717) is 17.6 Å². The van der Waals surface area contributed by atoms with Gasteiger partial charge < -0.3 is 14.2 Å². The number of ether oxygens (including phenoxy) is 3. The van der Waals surface area contributed by atoms with Gasteiger partial charge in [-0.3, -0.25) is 9.59 Å². The van der Waals surface area contributed by atoms with E-state index in [2.05, 4.69) is 0 Å². The van der Waals surface area contributed by atoms with Crippen molar-refractivity contribution < 1.29 is 28.6 Å². The van der Waals surface area contributed by atoms with E-state index < -0.39 is 28.1 Å². The second kappa shape index (κ2) is 7.61. The quantitative estimate of drug-likeness (QED) is 0.556. The Hall–Kier alpha value is -1.15. The molecule has 0 aromatic carbocycles. The lowest BCUT2D eigenvalue weighted by Crippen LogP contribution is -2.30. The largest absolute Gasteiger partial charge is 0.469 e. The molecule has 1 aliphatic carbocycles. The number of thioether (sulfide) groups is 2. The Bertz CT molecular complexity index is 536. The zero-order chi connectivity index (χ0) is 17.0. The third-order valence-electron chi connectivity index (χ3n) is 3.76. The van der Waals surface area contributed by atoms with Crippen molar-refractivity contribution >= 4 is 41.4 Å². The van der Waals surface area contributed by atoms with Gasteiger partial charge in [0.25, 0.3) is 0 Å². The third-order valence-corrected chi connectivity index (χ3v) is 7.13. The second-order valence-electron chi connectivity index (χ2n) is 5.25. The number of methoxy groups -OCH3 is 2. The molecule has 0 N–H and O–H groups in total. The predicted molar refractivity (Wildman–Crippen MR) is 88.1 cm³/mol. The monoisotopic (exact) mass is 360 g/mol. The van der Waals surface area contributed by atoms with E-state index in [1.54, 1.807) is 23.5 Å². The summed E-state index contributed by atoms with van der Waals surface area (Å²) in [7, 11) is 2.60. The molecule has 0 unspecified atom stereocenters. The molecular weight excluding hydrogens is 340 g/mol. The summed E-state index contributed by atoms with van der Waals surface area (Å²) < 4.78 is 14.5. The summed E-state index contributed by atoms with van der Waals surface area (Å²) in [5.41, 5.74) is 0.951. The first-order valence-corrected chi connectivity index (χ1v) is 9.24. The fourth-order valence-corrected chi connectivity index (χ4v) is 6.35. The molecule has 0 aromatic rings. The maximum absolute atomic E-state index is 12.4. The Labute approximate surface area is 143 Å². The summed E-state index contributed by atoms with van der Waals surface area (Å²) in [5.74, 6) is 0.434. The van der Waals surface area contributed by atoms with Gasteiger partial charge in [-0.05, 0) is 23.5 Å². The molecule has 0 bridgehead atoms. The molecule has 1 heterocycles. The minimum Gasteiger partial charge on any atom is -0.469 e. The number of hydrogen-bond acceptors (Lipinski definition) is 8. The van der Waals surface area contributed by atoms with Crippen LogP contribution in [0.25, 0.3) is 0 Å². The first-order valence-electron chi connectivity index (χ1n) is 7.27. The Balaban J connectivity index is 2.47. The van der Waals surface area contributed by atoms with Crippen molar-refractivity contribution in [1.29, 1.82) is 0 Å². The molecule has 23 heavy (non-hydrogen) atoms. The van der Waals surface area contributed by atoms with E-state index >= 15 is 0 Å². The minimum atomic E-state index is -0.598. The highest BCUT2D eigenvalue weighted by Crippen LogP contribution is 2.57. The van der Waals surface area contributed by atoms with E-state index in [4.69, 9.17) is 14.2 Å². The van der Waals surface area contributed by atoms with E-state index in [-0.39, 0.29) is 6.42 Å². The van der Waals surface area contributed by atoms with Crippen LogP contribution in [-0.2, 0) is 28.6 Å². The van der Waals surface area contributed by atoms with Crippen LogP contribution in [0.1, 0.15) is 26.2 Å². The van der Waals surface area contributed by atoms with Gasteiger partial charge in [-0.2, -0.15) is 0 Å². The van der Waals surface area contributed by atoms with Gasteiger partial charge in [0.1, 0.15) is 6.10 Å². The summed E-state index contributed by atoms with van der Waals surface area (Å²) in [6.07, 6.45) is 0.843. The fraction of sp³-hybridized carbons (Fsp3) is 0.667. The van der Waals surface area contributed by atoms with Crippen LogP contribution in [-0.4, -0.2) is 53.8 Å². The number of rotatable bonds is 4. The Kier molecular flexibility index (Phi) is 6.02. The van der Waals surface area contributed by atoms with Crippen LogP contribution >= 0.6 is 23.5 Å². The predicted octanol–water partition coefficient (Wildman–Crippen LogP) is 1.92. The topological polar surface area (TPSA) is 78.9 Å². The molecule has 2 aliphatic rings. The van der Waals surface area contributed by atoms with Crippen molar-refractivity contribution in [2.75, 3.05) is 25.7 Å². The lowest BCUT2D eigenvalue weighted by molar-refractivity contribution is -0.146. The maximum atomic E-state index is 12.4. The Morgan fingerprint density at radius 3 is 2.35 bits per heavy atom. The van der Waals surface area contributed by atoms with Crippen LogP contribution in [0.15, 0.2) is 11.1 Å². The first kappa shape index (κ1) is 18.2. The third kappa shape index (κ3) is 3.85. The lowest BCUT2D eigenvalue weighted by atomic mass is 10.1. The second-order valence-corrected chi connectivity index (χ2v) is 8.30. The van der Waals surface area contributed by atoms with Crippen LogP contribution in [0.4, 0.5) is 0 Å². The highest BCUT2D eigenvalue weighted by atomic mass is 32.2. The molecule has 128 valence electrons. The molecule has 1 saturated heterocycles. The highest BCUT2D eigenvalue weighted by Gasteiger charge is 2.52. The molecule has 1 spiro atoms. The van der Waals surface area contributed by atoms with E-state index in [1.807, 2.05) is 0 Å². The van der Waals surface area contributed by atoms with Gasteiger partial charge in [0.15, 0.2) is 0 Å². The summed E-state index contributed by atoms with van der Waals surface area (Å²) >= 11 is 3.31. The van der Waals surface area contributed by atoms with Gasteiger partial charge in [-0.25, -0.2) is 4.79 Å². The van der Waals surface area contributed by atoms with Crippen LogP contribution in [0.3, 0.4) is 0 Å². The van der Waals surface area contributed by atoms with Crippen molar-refractivity contribution in [1.82, 2.24) is 0 Å². The maximum Gasteiger partial charge on any atom is 0.336 e. The zero-order valence-corrected chi connectivity index (χ0v) is 15.0. The Morgan fingerprint density at radius 2 is 1.83 bits per heavy atom. The average Bonchev–Trinajstić information content (AvgIpc) is 2.79. The SMILES string of the molecule is COC(=O)CC1=C(C(=O)OC)C2(C[C@@H]1OC(C)=O)SCCCS2. The fourth-order valence-electron chi connectivity index (χ4n) is 2.84. The van der Waals surface area contributed by atoms with Crippen LogP contribution < -0.4 is 0 Å². The minimum absolute atomic E-state index is 0.0816. The molecule has 0 saturated carbocycles. The molecule has 1 aliphatic heterocycles. The number of esters is 3. The average molecular weight is 360 g/mol. The van der Waals surface area contributed by atoms with E-state index in [0.717, 1.165) is 17.9 Å². The van der Waals surface area contributed by atoms with Crippen molar-refractivity contribution in [3.05, 3.63) is 11.1 Å². The highest BCUT2D eigenvalue weighted by molar-refractivity contribution is 8.19. The molecule has 2 rings (SSSR count). The number of hydrogen-bond donors (Lipinski definition) is 0. The van der Waals surface area contributed by atoms with Crippen LogP contribution in [0.2, 0.25) is 0 Å². The molecule has 0 aromatic heterocycles. The normalized spacial score (nSPS) is 22.8. The summed E-state index contributed by atoms with van der Waals surface area (Å²) in [6, 6.07) is 0.